The van der Waals surface area contributed by atoms with Crippen molar-refractivity contribution >= 4 is 33.2 Å². The van der Waals surface area contributed by atoms with Crippen LogP contribution < -0.4 is 0 Å². The molecule has 220 valence electrons. The van der Waals surface area contributed by atoms with Crippen LogP contribution in [-0.2, 0) is 5.41 Å². The zero-order valence-corrected chi connectivity index (χ0v) is 26.9. The van der Waals surface area contributed by atoms with Gasteiger partial charge >= 0.3 is 0 Å². The monoisotopic (exact) mass is 634 g/mol. The van der Waals surface area contributed by atoms with E-state index in [1.165, 1.54) is 53.3 Å². The summed E-state index contributed by atoms with van der Waals surface area (Å²) in [5.41, 5.74) is 12.8. The Labute approximate surface area is 281 Å². The van der Waals surface area contributed by atoms with Crippen molar-refractivity contribution in [2.24, 2.45) is 0 Å². The van der Waals surface area contributed by atoms with Crippen molar-refractivity contribution in [3.05, 3.63) is 179 Å². The average molecular weight is 635 g/mol. The van der Waals surface area contributed by atoms with E-state index in [9.17, 15) is 0 Å². The van der Waals surface area contributed by atoms with Crippen LogP contribution >= 0.6 is 23.1 Å². The molecule has 6 aromatic carbocycles. The maximum Gasteiger partial charge on any atom is 0.160 e. The minimum atomic E-state index is -0.376. The van der Waals surface area contributed by atoms with Gasteiger partial charge in [0.25, 0.3) is 0 Å². The number of nitrogens with zero attached hydrogens (tertiary/aromatic N) is 2. The molecule has 0 bridgehead atoms. The molecule has 1 aliphatic heterocycles. The number of benzene rings is 6. The Morgan fingerprint density at radius 2 is 1.06 bits per heavy atom. The molecule has 0 amide bonds. The zero-order valence-electron chi connectivity index (χ0n) is 25.2. The standard InChI is InChI=1S/C43H26N2S2/c1-3-13-27(14-4-1)36-25-37(45-42(44-36)28-15-5-2-6-16-28)31-26-46-41-29(31)23-24-35-40(41)30-17-7-8-18-32(30)43(35)33-19-9-11-21-38(33)47-39-22-12-10-20-34(39)43/h1-26H. The van der Waals surface area contributed by atoms with Crippen molar-refractivity contribution in [2.75, 3.05) is 0 Å². The Kier molecular flexibility index (Phi) is 5.93. The first-order valence-corrected chi connectivity index (χ1v) is 17.5. The third-order valence-corrected chi connectivity index (χ3v) is 11.8. The fraction of sp³-hybridized carbons (Fsp3) is 0.0233. The van der Waals surface area contributed by atoms with Crippen LogP contribution in [0.3, 0.4) is 0 Å². The molecule has 8 aromatic rings. The molecule has 2 aliphatic rings. The van der Waals surface area contributed by atoms with E-state index in [-0.39, 0.29) is 5.41 Å². The van der Waals surface area contributed by atoms with Crippen LogP contribution in [0.2, 0.25) is 0 Å². The highest BCUT2D eigenvalue weighted by molar-refractivity contribution is 7.99. The Morgan fingerprint density at radius 3 is 1.79 bits per heavy atom. The molecule has 2 nitrogen and oxygen atoms in total. The maximum absolute atomic E-state index is 5.20. The second kappa shape index (κ2) is 10.4. The lowest BCUT2D eigenvalue weighted by atomic mass is 9.67. The van der Waals surface area contributed by atoms with Crippen LogP contribution in [-0.4, -0.2) is 9.97 Å². The topological polar surface area (TPSA) is 25.8 Å². The molecule has 3 heterocycles. The molecule has 0 saturated heterocycles. The minimum Gasteiger partial charge on any atom is -0.228 e. The Hall–Kier alpha value is -5.29. The number of aromatic nitrogens is 2. The molecule has 0 fully saturated rings. The van der Waals surface area contributed by atoms with Crippen LogP contribution in [0.4, 0.5) is 0 Å². The molecule has 0 N–H and O–H groups in total. The highest BCUT2D eigenvalue weighted by Gasteiger charge is 2.50. The highest BCUT2D eigenvalue weighted by Crippen LogP contribution is 2.63. The molecule has 2 aromatic heterocycles. The van der Waals surface area contributed by atoms with Gasteiger partial charge in [-0.15, -0.1) is 11.3 Å². The second-order valence-corrected chi connectivity index (χ2v) is 14.1. The van der Waals surface area contributed by atoms with Crippen molar-refractivity contribution in [2.45, 2.75) is 15.2 Å². The van der Waals surface area contributed by atoms with E-state index in [4.69, 9.17) is 9.97 Å². The van der Waals surface area contributed by atoms with E-state index < -0.39 is 0 Å². The summed E-state index contributed by atoms with van der Waals surface area (Å²) < 4.78 is 1.30. The van der Waals surface area contributed by atoms with Gasteiger partial charge in [0.1, 0.15) is 0 Å². The average Bonchev–Trinajstić information content (AvgIpc) is 3.71. The SMILES string of the molecule is c1ccc(-c2cc(-c3csc4c5c(ccc34)C3(c4ccccc4Sc4ccccc43)c3ccccc3-5)nc(-c3ccccc3)n2)cc1. The lowest BCUT2D eigenvalue weighted by Gasteiger charge is -2.39. The molecule has 1 spiro atoms. The van der Waals surface area contributed by atoms with E-state index in [2.05, 4.69) is 133 Å². The van der Waals surface area contributed by atoms with Crippen molar-refractivity contribution in [1.82, 2.24) is 9.97 Å². The van der Waals surface area contributed by atoms with Gasteiger partial charge in [0.15, 0.2) is 5.82 Å². The van der Waals surface area contributed by atoms with Gasteiger partial charge in [0.2, 0.25) is 0 Å². The molecule has 4 heteroatoms. The predicted molar refractivity (Wildman–Crippen MR) is 195 cm³/mol. The quantitative estimate of drug-likeness (QED) is 0.193. The smallest absolute Gasteiger partial charge is 0.160 e. The van der Waals surface area contributed by atoms with Crippen LogP contribution in [0, 0.1) is 0 Å². The summed E-state index contributed by atoms with van der Waals surface area (Å²) in [5, 5.41) is 3.52. The summed E-state index contributed by atoms with van der Waals surface area (Å²) in [5.74, 6) is 0.736. The van der Waals surface area contributed by atoms with Gasteiger partial charge in [0.05, 0.1) is 16.8 Å². The zero-order chi connectivity index (χ0) is 31.0. The predicted octanol–water partition coefficient (Wildman–Crippen LogP) is 11.5. The van der Waals surface area contributed by atoms with Gasteiger partial charge in [-0.1, -0.05) is 145 Å². The van der Waals surface area contributed by atoms with Gasteiger partial charge in [-0.2, -0.15) is 0 Å². The molecule has 0 unspecified atom stereocenters. The van der Waals surface area contributed by atoms with Crippen molar-refractivity contribution in [3.8, 4) is 45.0 Å². The third kappa shape index (κ3) is 3.86. The van der Waals surface area contributed by atoms with Crippen LogP contribution in [0.25, 0.3) is 55.1 Å². The number of thiophene rings is 1. The number of fused-ring (bicyclic) bond motifs is 11. The molecule has 47 heavy (non-hydrogen) atoms. The van der Waals surface area contributed by atoms with Crippen LogP contribution in [0.5, 0.6) is 0 Å². The summed E-state index contributed by atoms with van der Waals surface area (Å²) in [7, 11) is 0. The lowest BCUT2D eigenvalue weighted by Crippen LogP contribution is -2.31. The Balaban J connectivity index is 1.25. The van der Waals surface area contributed by atoms with Gasteiger partial charge in [-0.05, 0) is 46.0 Å². The lowest BCUT2D eigenvalue weighted by molar-refractivity contribution is 0.723. The number of hydrogen-bond acceptors (Lipinski definition) is 4. The number of hydrogen-bond donors (Lipinski definition) is 0. The molecule has 0 saturated carbocycles. The minimum absolute atomic E-state index is 0.376. The van der Waals surface area contributed by atoms with E-state index in [1.54, 1.807) is 0 Å². The van der Waals surface area contributed by atoms with E-state index >= 15 is 0 Å². The fourth-order valence-electron chi connectivity index (χ4n) is 7.68. The summed E-state index contributed by atoms with van der Waals surface area (Å²) in [6.45, 7) is 0. The van der Waals surface area contributed by atoms with Crippen molar-refractivity contribution in [1.29, 1.82) is 0 Å². The normalized spacial score (nSPS) is 13.6. The highest BCUT2D eigenvalue weighted by atomic mass is 32.2. The van der Waals surface area contributed by atoms with Crippen molar-refractivity contribution < 1.29 is 0 Å². The molecule has 1 aliphatic carbocycles. The van der Waals surface area contributed by atoms with Gasteiger partial charge in [-0.3, -0.25) is 0 Å². The summed E-state index contributed by atoms with van der Waals surface area (Å²) in [4.78, 5) is 12.9. The molecule has 0 atom stereocenters. The fourth-order valence-corrected chi connectivity index (χ4v) is 10.0. The van der Waals surface area contributed by atoms with Gasteiger partial charge in [0, 0.05) is 47.5 Å². The number of rotatable bonds is 3. The first-order chi connectivity index (χ1) is 23.3. The molecular formula is C43H26N2S2. The Morgan fingerprint density at radius 1 is 0.468 bits per heavy atom. The summed E-state index contributed by atoms with van der Waals surface area (Å²) >= 11 is 3.71. The van der Waals surface area contributed by atoms with Gasteiger partial charge in [-0.25, -0.2) is 9.97 Å². The van der Waals surface area contributed by atoms with E-state index in [1.807, 2.05) is 47.4 Å². The molecule has 10 rings (SSSR count). The maximum atomic E-state index is 5.20. The molecule has 0 radical (unpaired) electrons. The summed E-state index contributed by atoms with van der Waals surface area (Å²) in [6.07, 6.45) is 0. The van der Waals surface area contributed by atoms with Crippen LogP contribution in [0.1, 0.15) is 22.3 Å². The largest absolute Gasteiger partial charge is 0.228 e. The van der Waals surface area contributed by atoms with Gasteiger partial charge < -0.3 is 0 Å². The van der Waals surface area contributed by atoms with Crippen molar-refractivity contribution in [3.63, 3.8) is 0 Å². The Bertz CT molecular complexity index is 2400. The van der Waals surface area contributed by atoms with E-state index in [0.717, 1.165) is 33.9 Å². The summed E-state index contributed by atoms with van der Waals surface area (Å²) in [6, 6.07) is 54.6. The molecular weight excluding hydrogens is 609 g/mol. The first-order valence-electron chi connectivity index (χ1n) is 15.8. The van der Waals surface area contributed by atoms with Crippen LogP contribution in [0.15, 0.2) is 167 Å². The van der Waals surface area contributed by atoms with E-state index in [0.29, 0.717) is 0 Å². The third-order valence-electron chi connectivity index (χ3n) is 9.65. The first kappa shape index (κ1) is 26.9. The second-order valence-electron chi connectivity index (χ2n) is 12.1.